The van der Waals surface area contributed by atoms with E-state index >= 15 is 0 Å². The van der Waals surface area contributed by atoms with Crippen LogP contribution in [-0.4, -0.2) is 71.8 Å². The van der Waals surface area contributed by atoms with Gasteiger partial charge in [-0.25, -0.2) is 4.39 Å². The summed E-state index contributed by atoms with van der Waals surface area (Å²) >= 11 is 0. The summed E-state index contributed by atoms with van der Waals surface area (Å²) in [6.07, 6.45) is 0. The molecule has 0 aromatic heterocycles. The van der Waals surface area contributed by atoms with Gasteiger partial charge in [-0.2, -0.15) is 0 Å². The first-order chi connectivity index (χ1) is 12.3. The summed E-state index contributed by atoms with van der Waals surface area (Å²) in [7, 11) is 0. The summed E-state index contributed by atoms with van der Waals surface area (Å²) in [5.41, 5.74) is 1.45. The molecule has 142 valence electrons. The zero-order valence-electron chi connectivity index (χ0n) is 15.9. The van der Waals surface area contributed by atoms with E-state index in [1.165, 1.54) is 24.3 Å². The first-order valence-corrected chi connectivity index (χ1v) is 9.05. The lowest BCUT2D eigenvalue weighted by Gasteiger charge is -2.39. The summed E-state index contributed by atoms with van der Waals surface area (Å²) in [5.74, 6) is -0.358. The molecule has 1 saturated heterocycles. The van der Waals surface area contributed by atoms with Crippen LogP contribution in [0.25, 0.3) is 0 Å². The minimum Gasteiger partial charge on any atom is -0.338 e. The summed E-state index contributed by atoms with van der Waals surface area (Å²) < 4.78 is 13.0. The second kappa shape index (κ2) is 8.94. The molecule has 0 radical (unpaired) electrons. The van der Waals surface area contributed by atoms with Crippen molar-refractivity contribution in [2.75, 3.05) is 39.3 Å². The largest absolute Gasteiger partial charge is 0.338 e. The van der Waals surface area contributed by atoms with Crippen LogP contribution in [0.3, 0.4) is 0 Å². The van der Waals surface area contributed by atoms with Crippen molar-refractivity contribution >= 4 is 11.8 Å². The Morgan fingerprint density at radius 3 is 2.27 bits per heavy atom. The monoisotopic (exact) mass is 361 g/mol. The van der Waals surface area contributed by atoms with E-state index in [0.29, 0.717) is 44.8 Å². The fraction of sp³-hybridized carbons (Fsp3) is 0.500. The smallest absolute Gasteiger partial charge is 0.253 e. The Morgan fingerprint density at radius 1 is 1.19 bits per heavy atom. The number of benzene rings is 1. The van der Waals surface area contributed by atoms with Crippen LogP contribution >= 0.6 is 0 Å². The number of carbonyl (C=O) groups excluding carboxylic acids is 2. The summed E-state index contributed by atoms with van der Waals surface area (Å²) in [6.45, 7) is 13.3. The van der Waals surface area contributed by atoms with Crippen LogP contribution in [0.1, 0.15) is 31.1 Å². The average molecular weight is 361 g/mol. The van der Waals surface area contributed by atoms with E-state index in [2.05, 4.69) is 11.5 Å². The lowest BCUT2D eigenvalue weighted by atomic mass is 10.1. The van der Waals surface area contributed by atoms with Crippen LogP contribution < -0.4 is 0 Å². The quantitative estimate of drug-likeness (QED) is 0.731. The predicted molar refractivity (Wildman–Crippen MR) is 100 cm³/mol. The molecule has 1 aromatic rings. The number of hydrogen-bond acceptors (Lipinski definition) is 3. The Labute approximate surface area is 155 Å². The number of carbonyl (C=O) groups is 2. The van der Waals surface area contributed by atoms with Crippen molar-refractivity contribution in [2.24, 2.45) is 0 Å². The zero-order chi connectivity index (χ0) is 19.3. The van der Waals surface area contributed by atoms with Crippen LogP contribution in [0.5, 0.6) is 0 Å². The molecule has 0 bridgehead atoms. The molecule has 1 atom stereocenters. The second-order valence-corrected chi connectivity index (χ2v) is 6.82. The molecule has 1 aliphatic heterocycles. The van der Waals surface area contributed by atoms with Gasteiger partial charge in [0.05, 0.1) is 6.04 Å². The number of amides is 2. The maximum absolute atomic E-state index is 13.0. The number of piperazine rings is 1. The molecule has 0 spiro atoms. The molecule has 1 aliphatic rings. The Morgan fingerprint density at radius 2 is 1.77 bits per heavy atom. The van der Waals surface area contributed by atoms with Crippen LogP contribution in [-0.2, 0) is 4.79 Å². The van der Waals surface area contributed by atoms with E-state index in [-0.39, 0.29) is 23.7 Å². The third-order valence-corrected chi connectivity index (χ3v) is 4.75. The van der Waals surface area contributed by atoms with E-state index in [1.807, 2.05) is 25.7 Å². The molecule has 0 N–H and O–H groups in total. The van der Waals surface area contributed by atoms with Crippen LogP contribution in [0.15, 0.2) is 36.4 Å². The Balaban J connectivity index is 1.92. The van der Waals surface area contributed by atoms with Gasteiger partial charge in [0.15, 0.2) is 0 Å². The Hall–Kier alpha value is -2.21. The van der Waals surface area contributed by atoms with E-state index in [0.717, 1.165) is 5.57 Å². The first-order valence-electron chi connectivity index (χ1n) is 9.05. The van der Waals surface area contributed by atoms with Crippen molar-refractivity contribution in [1.29, 1.82) is 0 Å². The van der Waals surface area contributed by atoms with E-state index in [1.54, 1.807) is 4.90 Å². The van der Waals surface area contributed by atoms with Gasteiger partial charge in [-0.05, 0) is 45.0 Å². The summed E-state index contributed by atoms with van der Waals surface area (Å²) in [5, 5.41) is 0. The number of likely N-dealkylation sites (N-methyl/N-ethyl adjacent to an activating group) is 1. The fourth-order valence-corrected chi connectivity index (χ4v) is 3.18. The highest BCUT2D eigenvalue weighted by molar-refractivity contribution is 5.94. The zero-order valence-corrected chi connectivity index (χ0v) is 15.9. The van der Waals surface area contributed by atoms with Crippen molar-refractivity contribution in [1.82, 2.24) is 14.7 Å². The van der Waals surface area contributed by atoms with Gasteiger partial charge in [0.2, 0.25) is 5.91 Å². The lowest BCUT2D eigenvalue weighted by Crippen LogP contribution is -2.55. The van der Waals surface area contributed by atoms with Gasteiger partial charge >= 0.3 is 0 Å². The Bertz CT molecular complexity index is 652. The number of hydrogen-bond donors (Lipinski definition) is 0. The van der Waals surface area contributed by atoms with Crippen molar-refractivity contribution in [3.8, 4) is 0 Å². The second-order valence-electron chi connectivity index (χ2n) is 6.82. The molecule has 1 heterocycles. The normalized spacial score (nSPS) is 16.2. The molecular weight excluding hydrogens is 333 g/mol. The highest BCUT2D eigenvalue weighted by Gasteiger charge is 2.29. The highest BCUT2D eigenvalue weighted by Crippen LogP contribution is 2.13. The molecule has 0 aliphatic carbocycles. The van der Waals surface area contributed by atoms with Gasteiger partial charge in [0, 0.05) is 44.8 Å². The van der Waals surface area contributed by atoms with E-state index < -0.39 is 0 Å². The molecule has 2 rings (SSSR count). The average Bonchev–Trinajstić information content (AvgIpc) is 2.65. The predicted octanol–water partition coefficient (Wildman–Crippen LogP) is 2.40. The van der Waals surface area contributed by atoms with Gasteiger partial charge in [-0.15, -0.1) is 0 Å². The van der Waals surface area contributed by atoms with Gasteiger partial charge in [0.1, 0.15) is 5.82 Å². The van der Waals surface area contributed by atoms with Crippen LogP contribution in [0.4, 0.5) is 4.39 Å². The first kappa shape index (κ1) is 20.1. The third-order valence-electron chi connectivity index (χ3n) is 4.75. The number of rotatable bonds is 6. The lowest BCUT2D eigenvalue weighted by molar-refractivity contribution is -0.136. The minimum absolute atomic E-state index is 0.0915. The van der Waals surface area contributed by atoms with Crippen molar-refractivity contribution in [3.05, 3.63) is 47.8 Å². The minimum atomic E-state index is -0.353. The SMILES string of the molecule is C=C(C)CN(CC)C(=O)C(C)N1CCN(C(=O)c2ccc(F)cc2)CC1. The summed E-state index contributed by atoms with van der Waals surface area (Å²) in [6, 6.07) is 5.38. The standard InChI is InChI=1S/C20H28FN3O2/c1-5-22(14-15(2)3)19(25)16(4)23-10-12-24(13-11-23)20(26)17-6-8-18(21)9-7-17/h6-9,16H,2,5,10-14H2,1,3-4H3. The molecule has 1 fully saturated rings. The van der Waals surface area contributed by atoms with Crippen molar-refractivity contribution in [2.45, 2.75) is 26.8 Å². The van der Waals surface area contributed by atoms with Gasteiger partial charge in [0.25, 0.3) is 5.91 Å². The molecule has 26 heavy (non-hydrogen) atoms. The molecule has 6 heteroatoms. The highest BCUT2D eigenvalue weighted by atomic mass is 19.1. The molecular formula is C20H28FN3O2. The van der Waals surface area contributed by atoms with Crippen LogP contribution in [0.2, 0.25) is 0 Å². The molecule has 1 unspecified atom stereocenters. The molecule has 2 amide bonds. The number of nitrogens with zero attached hydrogens (tertiary/aromatic N) is 3. The van der Waals surface area contributed by atoms with Gasteiger partial charge in [-0.1, -0.05) is 12.2 Å². The Kier molecular flexibility index (Phi) is 6.91. The third kappa shape index (κ3) is 4.91. The summed E-state index contributed by atoms with van der Waals surface area (Å²) in [4.78, 5) is 30.9. The van der Waals surface area contributed by atoms with Gasteiger partial charge in [-0.3, -0.25) is 14.5 Å². The van der Waals surface area contributed by atoms with E-state index in [9.17, 15) is 14.0 Å². The topological polar surface area (TPSA) is 43.9 Å². The van der Waals surface area contributed by atoms with Crippen molar-refractivity contribution in [3.63, 3.8) is 0 Å². The van der Waals surface area contributed by atoms with Gasteiger partial charge < -0.3 is 9.80 Å². The molecule has 5 nitrogen and oxygen atoms in total. The molecule has 1 aromatic carbocycles. The maximum atomic E-state index is 13.0. The maximum Gasteiger partial charge on any atom is 0.253 e. The van der Waals surface area contributed by atoms with E-state index in [4.69, 9.17) is 0 Å². The van der Waals surface area contributed by atoms with Crippen molar-refractivity contribution < 1.29 is 14.0 Å². The number of halogens is 1. The van der Waals surface area contributed by atoms with Crippen LogP contribution in [0, 0.1) is 5.82 Å². The molecule has 0 saturated carbocycles. The fourth-order valence-electron chi connectivity index (χ4n) is 3.18.